The summed E-state index contributed by atoms with van der Waals surface area (Å²) in [5.74, 6) is 1.29. The van der Waals surface area contributed by atoms with Gasteiger partial charge in [-0.3, -0.25) is 0 Å². The average molecular weight is 225 g/mol. The van der Waals surface area contributed by atoms with Crippen LogP contribution >= 0.6 is 0 Å². The third-order valence-corrected chi connectivity index (χ3v) is 2.66. The first-order chi connectivity index (χ1) is 7.72. The van der Waals surface area contributed by atoms with Crippen molar-refractivity contribution in [3.8, 4) is 11.5 Å². The Balaban J connectivity index is 2.44. The zero-order chi connectivity index (χ0) is 11.5. The summed E-state index contributed by atoms with van der Waals surface area (Å²) >= 11 is 0. The molecule has 0 aromatic heterocycles. The van der Waals surface area contributed by atoms with E-state index in [2.05, 4.69) is 0 Å². The molecule has 0 saturated carbocycles. The summed E-state index contributed by atoms with van der Waals surface area (Å²) in [6, 6.07) is 3.49. The standard InChI is InChI=1S/C12H16FNO2/c1-8(13)10-6-12-11(5-9(10)7-14)15-3-2-4-16-12/h5-6,8H,2-4,7,14H2,1H3. The third-order valence-electron chi connectivity index (χ3n) is 2.66. The highest BCUT2D eigenvalue weighted by atomic mass is 19.1. The Kier molecular flexibility index (Phi) is 3.29. The monoisotopic (exact) mass is 225 g/mol. The first kappa shape index (κ1) is 11.2. The highest BCUT2D eigenvalue weighted by Gasteiger charge is 2.17. The minimum atomic E-state index is -1.05. The highest BCUT2D eigenvalue weighted by Crippen LogP contribution is 2.35. The van der Waals surface area contributed by atoms with E-state index < -0.39 is 6.17 Å². The van der Waals surface area contributed by atoms with Gasteiger partial charge in [-0.25, -0.2) is 4.39 Å². The van der Waals surface area contributed by atoms with Crippen molar-refractivity contribution < 1.29 is 13.9 Å². The summed E-state index contributed by atoms with van der Waals surface area (Å²) in [6.07, 6.45) is -0.205. The Morgan fingerprint density at radius 3 is 2.50 bits per heavy atom. The number of halogens is 1. The van der Waals surface area contributed by atoms with Gasteiger partial charge in [0.15, 0.2) is 11.5 Å². The second-order valence-electron chi connectivity index (χ2n) is 3.87. The second kappa shape index (κ2) is 4.70. The Morgan fingerprint density at radius 1 is 1.31 bits per heavy atom. The predicted molar refractivity (Wildman–Crippen MR) is 59.5 cm³/mol. The lowest BCUT2D eigenvalue weighted by Crippen LogP contribution is -2.04. The van der Waals surface area contributed by atoms with Crippen molar-refractivity contribution in [3.63, 3.8) is 0 Å². The van der Waals surface area contributed by atoms with E-state index in [0.717, 1.165) is 12.0 Å². The van der Waals surface area contributed by atoms with E-state index in [1.54, 1.807) is 12.1 Å². The number of rotatable bonds is 2. The molecule has 0 saturated heterocycles. The number of hydrogen-bond donors (Lipinski definition) is 1. The van der Waals surface area contributed by atoms with Crippen LogP contribution in [0.4, 0.5) is 4.39 Å². The number of fused-ring (bicyclic) bond motifs is 1. The van der Waals surface area contributed by atoms with E-state index >= 15 is 0 Å². The van der Waals surface area contributed by atoms with Gasteiger partial charge in [0.25, 0.3) is 0 Å². The lowest BCUT2D eigenvalue weighted by atomic mass is 10.0. The smallest absolute Gasteiger partial charge is 0.161 e. The molecule has 1 aliphatic rings. The molecule has 3 nitrogen and oxygen atoms in total. The summed E-state index contributed by atoms with van der Waals surface area (Å²) in [6.45, 7) is 3.04. The topological polar surface area (TPSA) is 44.5 Å². The molecular weight excluding hydrogens is 209 g/mol. The van der Waals surface area contributed by atoms with Crippen molar-refractivity contribution in [2.24, 2.45) is 5.73 Å². The molecule has 1 aliphatic heterocycles. The molecule has 2 rings (SSSR count). The molecule has 0 aliphatic carbocycles. The van der Waals surface area contributed by atoms with Crippen LogP contribution in [0.3, 0.4) is 0 Å². The van der Waals surface area contributed by atoms with Gasteiger partial charge in [0, 0.05) is 13.0 Å². The van der Waals surface area contributed by atoms with Gasteiger partial charge in [0.1, 0.15) is 6.17 Å². The number of ether oxygens (including phenoxy) is 2. The molecule has 1 heterocycles. The van der Waals surface area contributed by atoms with Gasteiger partial charge in [-0.2, -0.15) is 0 Å². The van der Waals surface area contributed by atoms with Gasteiger partial charge in [0.05, 0.1) is 13.2 Å². The maximum absolute atomic E-state index is 13.4. The van der Waals surface area contributed by atoms with Gasteiger partial charge in [0.2, 0.25) is 0 Å². The van der Waals surface area contributed by atoms with E-state index in [1.165, 1.54) is 6.92 Å². The van der Waals surface area contributed by atoms with Crippen molar-refractivity contribution in [1.82, 2.24) is 0 Å². The van der Waals surface area contributed by atoms with Gasteiger partial charge < -0.3 is 15.2 Å². The summed E-state index contributed by atoms with van der Waals surface area (Å²) in [7, 11) is 0. The summed E-state index contributed by atoms with van der Waals surface area (Å²) in [5, 5.41) is 0. The molecule has 0 fully saturated rings. The number of alkyl halides is 1. The highest BCUT2D eigenvalue weighted by molar-refractivity contribution is 5.48. The summed E-state index contributed by atoms with van der Waals surface area (Å²) < 4.78 is 24.4. The van der Waals surface area contributed by atoms with Crippen molar-refractivity contribution in [2.75, 3.05) is 13.2 Å². The van der Waals surface area contributed by atoms with Gasteiger partial charge in [-0.15, -0.1) is 0 Å². The quantitative estimate of drug-likeness (QED) is 0.840. The molecule has 4 heteroatoms. The molecule has 16 heavy (non-hydrogen) atoms. The molecule has 1 unspecified atom stereocenters. The Labute approximate surface area is 94.3 Å². The predicted octanol–water partition coefficient (Wildman–Crippen LogP) is 2.34. The Bertz CT molecular complexity index is 380. The van der Waals surface area contributed by atoms with Crippen molar-refractivity contribution in [1.29, 1.82) is 0 Å². The first-order valence-corrected chi connectivity index (χ1v) is 5.49. The minimum Gasteiger partial charge on any atom is -0.490 e. The van der Waals surface area contributed by atoms with Crippen LogP contribution < -0.4 is 15.2 Å². The average Bonchev–Trinajstić information content (AvgIpc) is 2.51. The first-order valence-electron chi connectivity index (χ1n) is 5.49. The molecule has 1 atom stereocenters. The molecule has 1 aromatic carbocycles. The molecule has 0 bridgehead atoms. The molecule has 88 valence electrons. The van der Waals surface area contributed by atoms with E-state index in [4.69, 9.17) is 15.2 Å². The molecule has 0 radical (unpaired) electrons. The van der Waals surface area contributed by atoms with Crippen LogP contribution in [0.1, 0.15) is 30.6 Å². The van der Waals surface area contributed by atoms with Gasteiger partial charge in [-0.1, -0.05) is 0 Å². The van der Waals surface area contributed by atoms with Crippen LogP contribution in [-0.2, 0) is 6.54 Å². The maximum atomic E-state index is 13.4. The van der Waals surface area contributed by atoms with E-state index in [9.17, 15) is 4.39 Å². The normalized spacial score (nSPS) is 16.7. The second-order valence-corrected chi connectivity index (χ2v) is 3.87. The van der Waals surface area contributed by atoms with Crippen LogP contribution in [0.5, 0.6) is 11.5 Å². The third kappa shape index (κ3) is 2.11. The zero-order valence-corrected chi connectivity index (χ0v) is 9.33. The number of hydrogen-bond acceptors (Lipinski definition) is 3. The van der Waals surface area contributed by atoms with Crippen LogP contribution in [0.15, 0.2) is 12.1 Å². The number of benzene rings is 1. The largest absolute Gasteiger partial charge is 0.490 e. The fourth-order valence-corrected chi connectivity index (χ4v) is 1.81. The fourth-order valence-electron chi connectivity index (χ4n) is 1.81. The van der Waals surface area contributed by atoms with Crippen LogP contribution in [0.2, 0.25) is 0 Å². The zero-order valence-electron chi connectivity index (χ0n) is 9.33. The van der Waals surface area contributed by atoms with E-state index in [0.29, 0.717) is 36.8 Å². The molecule has 2 N–H and O–H groups in total. The lowest BCUT2D eigenvalue weighted by Gasteiger charge is -2.14. The van der Waals surface area contributed by atoms with Crippen LogP contribution in [0, 0.1) is 0 Å². The Morgan fingerprint density at radius 2 is 1.94 bits per heavy atom. The fraction of sp³-hybridized carbons (Fsp3) is 0.500. The summed E-state index contributed by atoms with van der Waals surface area (Å²) in [4.78, 5) is 0. The molecule has 1 aromatic rings. The number of nitrogens with two attached hydrogens (primary N) is 1. The van der Waals surface area contributed by atoms with Crippen molar-refractivity contribution in [2.45, 2.75) is 26.1 Å². The lowest BCUT2D eigenvalue weighted by molar-refractivity contribution is 0.296. The molecular formula is C12H16FNO2. The van der Waals surface area contributed by atoms with Crippen LogP contribution in [0.25, 0.3) is 0 Å². The van der Waals surface area contributed by atoms with Crippen molar-refractivity contribution in [3.05, 3.63) is 23.3 Å². The van der Waals surface area contributed by atoms with E-state index in [-0.39, 0.29) is 0 Å². The van der Waals surface area contributed by atoms with Crippen molar-refractivity contribution >= 4 is 0 Å². The Hall–Kier alpha value is -1.29. The SMILES string of the molecule is CC(F)c1cc2c(cc1CN)OCCCO2. The van der Waals surface area contributed by atoms with Crippen LogP contribution in [-0.4, -0.2) is 13.2 Å². The maximum Gasteiger partial charge on any atom is 0.161 e. The summed E-state index contributed by atoms with van der Waals surface area (Å²) in [5.41, 5.74) is 6.96. The minimum absolute atomic E-state index is 0.306. The van der Waals surface area contributed by atoms with E-state index in [1.807, 2.05) is 0 Å². The molecule has 0 spiro atoms. The molecule has 0 amide bonds. The van der Waals surface area contributed by atoms with Gasteiger partial charge in [-0.05, 0) is 30.2 Å². The van der Waals surface area contributed by atoms with Gasteiger partial charge >= 0.3 is 0 Å².